The molecule has 1 aromatic rings. The van der Waals surface area contributed by atoms with Crippen LogP contribution in [0.2, 0.25) is 0 Å². The Labute approximate surface area is 136 Å². The molecule has 2 aliphatic heterocycles. The Kier molecular flexibility index (Phi) is 4.44. The highest BCUT2D eigenvalue weighted by atomic mass is 32.2. The normalized spacial score (nSPS) is 22.2. The molecule has 1 unspecified atom stereocenters. The fraction of sp³-hybridized carbons (Fsp3) is 0.562. The molecule has 1 atom stereocenters. The van der Waals surface area contributed by atoms with Gasteiger partial charge in [-0.3, -0.25) is 14.2 Å². The lowest BCUT2D eigenvalue weighted by Crippen LogP contribution is -2.43. The molecule has 1 amide bonds. The smallest absolute Gasteiger partial charge is 0.294 e. The van der Waals surface area contributed by atoms with E-state index < -0.39 is 10.1 Å². The predicted octanol–water partition coefficient (Wildman–Crippen LogP) is 1.55. The van der Waals surface area contributed by atoms with Crippen LogP contribution >= 0.6 is 0 Å². The number of nitrogens with zero attached hydrogens (tertiary/aromatic N) is 2. The van der Waals surface area contributed by atoms with E-state index in [1.807, 2.05) is 0 Å². The number of amides is 1. The van der Waals surface area contributed by atoms with Crippen molar-refractivity contribution in [2.75, 3.05) is 31.1 Å². The van der Waals surface area contributed by atoms with Crippen molar-refractivity contribution in [3.8, 4) is 0 Å². The number of hydrogen-bond donors (Lipinski definition) is 1. The van der Waals surface area contributed by atoms with Crippen LogP contribution in [0.5, 0.6) is 0 Å². The van der Waals surface area contributed by atoms with Crippen molar-refractivity contribution in [2.45, 2.75) is 31.1 Å². The summed E-state index contributed by atoms with van der Waals surface area (Å²) in [6.07, 6.45) is 2.96. The third kappa shape index (κ3) is 3.57. The number of anilines is 1. The summed E-state index contributed by atoms with van der Waals surface area (Å²) < 4.78 is 31.5. The summed E-state index contributed by atoms with van der Waals surface area (Å²) in [7, 11) is -4.20. The Morgan fingerprint density at radius 1 is 1.35 bits per heavy atom. The van der Waals surface area contributed by atoms with Crippen molar-refractivity contribution in [3.05, 3.63) is 23.8 Å². The van der Waals surface area contributed by atoms with Gasteiger partial charge >= 0.3 is 0 Å². The molecule has 0 aromatic heterocycles. The number of hydrogen-bond acceptors (Lipinski definition) is 4. The van der Waals surface area contributed by atoms with Crippen LogP contribution in [0.4, 0.5) is 5.69 Å². The summed E-state index contributed by atoms with van der Waals surface area (Å²) in [5.41, 5.74) is 1.55. The van der Waals surface area contributed by atoms with Crippen LogP contribution in [-0.2, 0) is 21.3 Å². The van der Waals surface area contributed by atoms with Crippen molar-refractivity contribution in [3.63, 3.8) is 0 Å². The zero-order valence-electron chi connectivity index (χ0n) is 13.2. The van der Waals surface area contributed by atoms with Crippen LogP contribution in [0.25, 0.3) is 0 Å². The van der Waals surface area contributed by atoms with E-state index in [2.05, 4.69) is 11.8 Å². The number of benzene rings is 1. The first kappa shape index (κ1) is 16.4. The van der Waals surface area contributed by atoms with Crippen LogP contribution in [-0.4, -0.2) is 50.0 Å². The average molecular weight is 338 g/mol. The highest BCUT2D eigenvalue weighted by molar-refractivity contribution is 7.85. The van der Waals surface area contributed by atoms with Gasteiger partial charge in [-0.1, -0.05) is 6.92 Å². The van der Waals surface area contributed by atoms with Gasteiger partial charge in [0.15, 0.2) is 0 Å². The third-order valence-corrected chi connectivity index (χ3v) is 5.50. The Morgan fingerprint density at radius 3 is 2.83 bits per heavy atom. The SMILES string of the molecule is CC1CCCN(CC(=O)N2CCc3cc(S(=O)(=O)O)ccc32)C1. The minimum Gasteiger partial charge on any atom is -0.311 e. The lowest BCUT2D eigenvalue weighted by molar-refractivity contribution is -0.120. The summed E-state index contributed by atoms with van der Waals surface area (Å²) in [6.45, 7) is 5.08. The maximum atomic E-state index is 12.6. The molecule has 126 valence electrons. The van der Waals surface area contributed by atoms with E-state index in [1.165, 1.54) is 18.6 Å². The van der Waals surface area contributed by atoms with E-state index in [4.69, 9.17) is 4.55 Å². The van der Waals surface area contributed by atoms with Crippen LogP contribution in [0.3, 0.4) is 0 Å². The second kappa shape index (κ2) is 6.22. The van der Waals surface area contributed by atoms with Gasteiger partial charge in [0, 0.05) is 18.8 Å². The highest BCUT2D eigenvalue weighted by Gasteiger charge is 2.28. The van der Waals surface area contributed by atoms with E-state index in [0.717, 1.165) is 30.8 Å². The average Bonchev–Trinajstić information content (AvgIpc) is 2.89. The third-order valence-electron chi connectivity index (χ3n) is 4.65. The van der Waals surface area contributed by atoms with E-state index >= 15 is 0 Å². The second-order valence-corrected chi connectivity index (χ2v) is 7.97. The van der Waals surface area contributed by atoms with Crippen molar-refractivity contribution in [2.24, 2.45) is 5.92 Å². The molecule has 6 nitrogen and oxygen atoms in total. The van der Waals surface area contributed by atoms with Crippen molar-refractivity contribution >= 4 is 21.7 Å². The Balaban J connectivity index is 1.73. The van der Waals surface area contributed by atoms with Gasteiger partial charge in [0.2, 0.25) is 5.91 Å². The fourth-order valence-electron chi connectivity index (χ4n) is 3.50. The molecule has 0 aliphatic carbocycles. The van der Waals surface area contributed by atoms with Gasteiger partial charge in [0.1, 0.15) is 0 Å². The van der Waals surface area contributed by atoms with Crippen LogP contribution in [0, 0.1) is 5.92 Å². The fourth-order valence-corrected chi connectivity index (χ4v) is 4.04. The monoisotopic (exact) mass is 338 g/mol. The maximum absolute atomic E-state index is 12.6. The molecular weight excluding hydrogens is 316 g/mol. The predicted molar refractivity (Wildman–Crippen MR) is 87.2 cm³/mol. The Bertz CT molecular complexity index is 717. The standard InChI is InChI=1S/C16H22N2O4S/c1-12-3-2-7-17(10-12)11-16(19)18-8-6-13-9-14(23(20,21)22)4-5-15(13)18/h4-5,9,12H,2-3,6-8,10-11H2,1H3,(H,20,21,22). The number of carbonyl (C=O) groups excluding carboxylic acids is 1. The van der Waals surface area contributed by atoms with Gasteiger partial charge in [-0.15, -0.1) is 0 Å². The molecule has 1 N–H and O–H groups in total. The summed E-state index contributed by atoms with van der Waals surface area (Å²) in [6, 6.07) is 4.42. The first-order valence-corrected chi connectivity index (χ1v) is 9.42. The van der Waals surface area contributed by atoms with E-state index in [9.17, 15) is 13.2 Å². The van der Waals surface area contributed by atoms with Crippen LogP contribution < -0.4 is 4.90 Å². The Hall–Kier alpha value is -1.44. The first-order valence-electron chi connectivity index (χ1n) is 7.98. The van der Waals surface area contributed by atoms with E-state index in [0.29, 0.717) is 25.4 Å². The molecule has 2 aliphatic rings. The molecule has 0 bridgehead atoms. The molecule has 2 heterocycles. The molecule has 23 heavy (non-hydrogen) atoms. The van der Waals surface area contributed by atoms with E-state index in [1.54, 1.807) is 11.0 Å². The van der Waals surface area contributed by atoms with E-state index in [-0.39, 0.29) is 10.8 Å². The van der Waals surface area contributed by atoms with Crippen molar-refractivity contribution in [1.82, 2.24) is 4.90 Å². The van der Waals surface area contributed by atoms with Gasteiger partial charge in [0.05, 0.1) is 11.4 Å². The lowest BCUT2D eigenvalue weighted by atomic mass is 10.0. The summed E-state index contributed by atoms with van der Waals surface area (Å²) >= 11 is 0. The molecule has 1 aromatic carbocycles. The van der Waals surface area contributed by atoms with Crippen molar-refractivity contribution < 1.29 is 17.8 Å². The molecule has 1 fully saturated rings. The Morgan fingerprint density at radius 2 is 2.13 bits per heavy atom. The molecule has 1 saturated heterocycles. The molecule has 0 radical (unpaired) electrons. The second-order valence-electron chi connectivity index (χ2n) is 6.54. The quantitative estimate of drug-likeness (QED) is 0.846. The zero-order chi connectivity index (χ0) is 16.6. The summed E-state index contributed by atoms with van der Waals surface area (Å²) in [5, 5.41) is 0. The van der Waals surface area contributed by atoms with Crippen LogP contribution in [0.1, 0.15) is 25.3 Å². The lowest BCUT2D eigenvalue weighted by Gasteiger charge is -2.31. The topological polar surface area (TPSA) is 77.9 Å². The van der Waals surface area contributed by atoms with Gasteiger partial charge in [0.25, 0.3) is 10.1 Å². The van der Waals surface area contributed by atoms with Gasteiger partial charge in [-0.05, 0) is 55.5 Å². The summed E-state index contributed by atoms with van der Waals surface area (Å²) in [5.74, 6) is 0.678. The largest absolute Gasteiger partial charge is 0.311 e. The maximum Gasteiger partial charge on any atom is 0.294 e. The highest BCUT2D eigenvalue weighted by Crippen LogP contribution is 2.30. The summed E-state index contributed by atoms with van der Waals surface area (Å²) in [4.78, 5) is 16.4. The zero-order valence-corrected chi connectivity index (χ0v) is 14.1. The number of likely N-dealkylation sites (tertiary alicyclic amines) is 1. The molecule has 0 spiro atoms. The minimum absolute atomic E-state index is 0.0532. The minimum atomic E-state index is -4.20. The first-order chi connectivity index (χ1) is 10.8. The number of piperidine rings is 1. The van der Waals surface area contributed by atoms with Crippen LogP contribution in [0.15, 0.2) is 23.1 Å². The van der Waals surface area contributed by atoms with Gasteiger partial charge < -0.3 is 4.90 Å². The van der Waals surface area contributed by atoms with Gasteiger partial charge in [-0.25, -0.2) is 0 Å². The van der Waals surface area contributed by atoms with Gasteiger partial charge in [-0.2, -0.15) is 8.42 Å². The number of carbonyl (C=O) groups is 1. The number of rotatable bonds is 3. The molecular formula is C16H22N2O4S. The number of fused-ring (bicyclic) bond motifs is 1. The molecule has 3 rings (SSSR count). The molecule has 0 saturated carbocycles. The molecule has 7 heteroatoms. The van der Waals surface area contributed by atoms with Crippen molar-refractivity contribution in [1.29, 1.82) is 0 Å².